The molecule has 0 spiro atoms. The van der Waals surface area contributed by atoms with Crippen LogP contribution >= 0.6 is 11.3 Å². The van der Waals surface area contributed by atoms with E-state index in [9.17, 15) is 14.3 Å². The van der Waals surface area contributed by atoms with Crippen molar-refractivity contribution in [1.82, 2.24) is 4.98 Å². The molecule has 0 saturated carbocycles. The maximum Gasteiger partial charge on any atom is 0.231 e. The Morgan fingerprint density at radius 3 is 3.06 bits per heavy atom. The van der Waals surface area contributed by atoms with Gasteiger partial charge >= 0.3 is 0 Å². The lowest BCUT2D eigenvalue weighted by molar-refractivity contribution is -0.117. The number of amides is 1. The number of benzene rings is 1. The molecule has 2 heterocycles. The molecule has 1 saturated heterocycles. The van der Waals surface area contributed by atoms with Gasteiger partial charge in [0.1, 0.15) is 5.82 Å². The summed E-state index contributed by atoms with van der Waals surface area (Å²) < 4.78 is 13.8. The Morgan fingerprint density at radius 2 is 2.35 bits per heavy atom. The van der Waals surface area contributed by atoms with Crippen molar-refractivity contribution in [3.63, 3.8) is 0 Å². The lowest BCUT2D eigenvalue weighted by Crippen LogP contribution is -2.24. The minimum absolute atomic E-state index is 0.129. The largest absolute Gasteiger partial charge is 0.391 e. The summed E-state index contributed by atoms with van der Waals surface area (Å²) in [6, 6.07) is 4.35. The van der Waals surface area contributed by atoms with E-state index >= 15 is 0 Å². The third-order valence-corrected chi connectivity index (χ3v) is 3.73. The minimum atomic E-state index is -0.633. The van der Waals surface area contributed by atoms with E-state index in [2.05, 4.69) is 4.98 Å². The van der Waals surface area contributed by atoms with Crippen molar-refractivity contribution in [2.24, 2.45) is 0 Å². The molecule has 88 valence electrons. The van der Waals surface area contributed by atoms with Gasteiger partial charge in [-0.15, -0.1) is 0 Å². The average Bonchev–Trinajstić information content (AvgIpc) is 2.80. The number of nitrogens with zero attached hydrogens (tertiary/aromatic N) is 2. The fourth-order valence-corrected chi connectivity index (χ4v) is 2.85. The molecule has 1 unspecified atom stereocenters. The molecule has 1 atom stereocenters. The molecule has 3 rings (SSSR count). The van der Waals surface area contributed by atoms with Crippen LogP contribution in [0.15, 0.2) is 18.2 Å². The van der Waals surface area contributed by atoms with Crippen LogP contribution in [0.4, 0.5) is 9.52 Å². The van der Waals surface area contributed by atoms with E-state index in [1.807, 2.05) is 0 Å². The van der Waals surface area contributed by atoms with Crippen LogP contribution in [0.25, 0.3) is 10.2 Å². The number of β-amino-alcohol motifs (C(OH)–C–C–N with tert-alkyl or cyclic N) is 1. The van der Waals surface area contributed by atoms with Crippen LogP contribution in [0.1, 0.15) is 6.42 Å². The molecule has 1 N–H and O–H groups in total. The van der Waals surface area contributed by atoms with Crippen LogP contribution in [0.2, 0.25) is 0 Å². The highest BCUT2D eigenvalue weighted by molar-refractivity contribution is 7.22. The van der Waals surface area contributed by atoms with Crippen LogP contribution in [0, 0.1) is 5.82 Å². The fourth-order valence-electron chi connectivity index (χ4n) is 1.88. The van der Waals surface area contributed by atoms with Crippen molar-refractivity contribution in [1.29, 1.82) is 0 Å². The number of rotatable bonds is 1. The molecule has 0 bridgehead atoms. The van der Waals surface area contributed by atoms with Gasteiger partial charge in [-0.2, -0.15) is 0 Å². The highest BCUT2D eigenvalue weighted by Gasteiger charge is 2.31. The zero-order valence-corrected chi connectivity index (χ0v) is 9.58. The van der Waals surface area contributed by atoms with E-state index in [0.717, 1.165) is 4.70 Å². The van der Waals surface area contributed by atoms with Crippen LogP contribution < -0.4 is 4.90 Å². The Kier molecular flexibility index (Phi) is 2.34. The molecule has 1 fully saturated rings. The molecule has 0 radical (unpaired) electrons. The summed E-state index contributed by atoms with van der Waals surface area (Å²) in [5, 5.41) is 9.93. The third kappa shape index (κ3) is 1.79. The smallest absolute Gasteiger partial charge is 0.231 e. The van der Waals surface area contributed by atoms with E-state index in [1.165, 1.54) is 28.4 Å². The fraction of sp³-hybridized carbons (Fsp3) is 0.273. The second-order valence-electron chi connectivity index (χ2n) is 3.97. The van der Waals surface area contributed by atoms with E-state index < -0.39 is 6.10 Å². The van der Waals surface area contributed by atoms with Gasteiger partial charge in [0, 0.05) is 6.07 Å². The summed E-state index contributed by atoms with van der Waals surface area (Å²) in [5.74, 6) is -0.487. The summed E-state index contributed by atoms with van der Waals surface area (Å²) in [5.41, 5.74) is 0.541. The van der Waals surface area contributed by atoms with Crippen molar-refractivity contribution in [3.8, 4) is 0 Å². The quantitative estimate of drug-likeness (QED) is 0.837. The lowest BCUT2D eigenvalue weighted by Gasteiger charge is -2.10. The van der Waals surface area contributed by atoms with Gasteiger partial charge in [0.2, 0.25) is 5.91 Å². The van der Waals surface area contributed by atoms with Gasteiger partial charge in [0.15, 0.2) is 5.13 Å². The minimum Gasteiger partial charge on any atom is -0.391 e. The standard InChI is InChI=1S/C11H9FN2O2S/c12-6-1-2-9-8(3-6)13-11(17-9)14-5-7(15)4-10(14)16/h1-3,7,15H,4-5H2. The molecule has 0 aliphatic carbocycles. The van der Waals surface area contributed by atoms with Gasteiger partial charge in [-0.3, -0.25) is 9.69 Å². The first-order chi connectivity index (χ1) is 8.13. The Balaban J connectivity index is 2.03. The number of fused-ring (bicyclic) bond motifs is 1. The number of aliphatic hydroxyl groups is 1. The summed E-state index contributed by atoms with van der Waals surface area (Å²) >= 11 is 1.33. The van der Waals surface area contributed by atoms with Crippen molar-refractivity contribution >= 4 is 32.6 Å². The van der Waals surface area contributed by atoms with Crippen molar-refractivity contribution in [2.75, 3.05) is 11.4 Å². The Labute approximate surface area is 100 Å². The second-order valence-corrected chi connectivity index (χ2v) is 4.98. The molecule has 4 nitrogen and oxygen atoms in total. The Hall–Kier alpha value is -1.53. The molecule has 1 amide bonds. The van der Waals surface area contributed by atoms with Crippen LogP contribution in [0.3, 0.4) is 0 Å². The topological polar surface area (TPSA) is 53.4 Å². The lowest BCUT2D eigenvalue weighted by atomic mass is 10.3. The zero-order chi connectivity index (χ0) is 12.0. The van der Waals surface area contributed by atoms with Gasteiger partial charge in [-0.05, 0) is 12.1 Å². The van der Waals surface area contributed by atoms with E-state index in [0.29, 0.717) is 10.6 Å². The predicted molar refractivity (Wildman–Crippen MR) is 62.6 cm³/mol. The number of anilines is 1. The number of hydrogen-bond donors (Lipinski definition) is 1. The van der Waals surface area contributed by atoms with Crippen molar-refractivity contribution < 1.29 is 14.3 Å². The first-order valence-corrected chi connectivity index (χ1v) is 5.99. The van der Waals surface area contributed by atoms with Crippen LogP contribution in [-0.4, -0.2) is 28.6 Å². The van der Waals surface area contributed by atoms with Crippen molar-refractivity contribution in [2.45, 2.75) is 12.5 Å². The first kappa shape index (κ1) is 10.6. The number of carbonyl (C=O) groups is 1. The van der Waals surface area contributed by atoms with Gasteiger partial charge in [0.25, 0.3) is 0 Å². The molecule has 1 aromatic carbocycles. The van der Waals surface area contributed by atoms with Gasteiger partial charge in [0.05, 0.1) is 29.3 Å². The second kappa shape index (κ2) is 3.75. The summed E-state index contributed by atoms with van der Waals surface area (Å²) in [6.07, 6.45) is -0.504. The van der Waals surface area contributed by atoms with Gasteiger partial charge in [-0.25, -0.2) is 9.37 Å². The highest BCUT2D eigenvalue weighted by Crippen LogP contribution is 2.31. The average molecular weight is 252 g/mol. The predicted octanol–water partition coefficient (Wildman–Crippen LogP) is 1.53. The number of thiazole rings is 1. The van der Waals surface area contributed by atoms with E-state index in [4.69, 9.17) is 0 Å². The monoisotopic (exact) mass is 252 g/mol. The molecule has 1 aromatic heterocycles. The number of aliphatic hydroxyl groups excluding tert-OH is 1. The summed E-state index contributed by atoms with van der Waals surface area (Å²) in [4.78, 5) is 17.3. The zero-order valence-electron chi connectivity index (χ0n) is 8.76. The third-order valence-electron chi connectivity index (χ3n) is 2.67. The van der Waals surface area contributed by atoms with Crippen LogP contribution in [0.5, 0.6) is 0 Å². The number of hydrogen-bond acceptors (Lipinski definition) is 4. The Morgan fingerprint density at radius 1 is 1.53 bits per heavy atom. The van der Waals surface area contributed by atoms with Gasteiger partial charge in [-0.1, -0.05) is 11.3 Å². The molecule has 6 heteroatoms. The molecular weight excluding hydrogens is 243 g/mol. The maximum atomic E-state index is 13.0. The number of aromatic nitrogens is 1. The maximum absolute atomic E-state index is 13.0. The van der Waals surface area contributed by atoms with Crippen molar-refractivity contribution in [3.05, 3.63) is 24.0 Å². The van der Waals surface area contributed by atoms with E-state index in [-0.39, 0.29) is 24.7 Å². The molecule has 1 aliphatic heterocycles. The van der Waals surface area contributed by atoms with Gasteiger partial charge < -0.3 is 5.11 Å². The molecule has 2 aromatic rings. The molecule has 17 heavy (non-hydrogen) atoms. The highest BCUT2D eigenvalue weighted by atomic mass is 32.1. The molecule has 1 aliphatic rings. The SMILES string of the molecule is O=C1CC(O)CN1c1nc2cc(F)ccc2s1. The summed E-state index contributed by atoms with van der Waals surface area (Å²) in [7, 11) is 0. The first-order valence-electron chi connectivity index (χ1n) is 5.18. The van der Waals surface area contributed by atoms with Crippen LogP contribution in [-0.2, 0) is 4.79 Å². The number of carbonyl (C=O) groups excluding carboxylic acids is 1. The van der Waals surface area contributed by atoms with E-state index in [1.54, 1.807) is 6.07 Å². The normalized spacial score (nSPS) is 20.5. The number of halogens is 1. The molecular formula is C11H9FN2O2S. The summed E-state index contributed by atoms with van der Waals surface area (Å²) in [6.45, 7) is 0.265. The Bertz CT molecular complexity index is 598.